The predicted molar refractivity (Wildman–Crippen MR) is 48.1 cm³/mol. The monoisotopic (exact) mass is 184 g/mol. The van der Waals surface area contributed by atoms with Gasteiger partial charge in [-0.05, 0) is 24.6 Å². The summed E-state index contributed by atoms with van der Waals surface area (Å²) >= 11 is 5.83. The molecule has 64 valence electrons. The lowest BCUT2D eigenvalue weighted by Crippen LogP contribution is -1.92. The SMILES string of the molecule is COc1c(Cl)cc(C)cc1C=O. The Labute approximate surface area is 76.1 Å². The Morgan fingerprint density at radius 1 is 1.50 bits per heavy atom. The molecule has 1 aromatic carbocycles. The molecule has 2 nitrogen and oxygen atoms in total. The summed E-state index contributed by atoms with van der Waals surface area (Å²) in [7, 11) is 1.49. The van der Waals surface area contributed by atoms with Gasteiger partial charge in [0, 0.05) is 0 Å². The molecule has 0 aliphatic rings. The number of rotatable bonds is 2. The van der Waals surface area contributed by atoms with Gasteiger partial charge in [0.2, 0.25) is 0 Å². The molecule has 1 aromatic rings. The maximum absolute atomic E-state index is 10.6. The second-order valence-electron chi connectivity index (χ2n) is 2.49. The molecule has 3 heteroatoms. The van der Waals surface area contributed by atoms with Crippen molar-refractivity contribution in [3.05, 3.63) is 28.3 Å². The van der Waals surface area contributed by atoms with Crippen molar-refractivity contribution in [2.75, 3.05) is 7.11 Å². The summed E-state index contributed by atoms with van der Waals surface area (Å²) in [4.78, 5) is 10.6. The summed E-state index contributed by atoms with van der Waals surface area (Å²) in [5.41, 5.74) is 1.44. The summed E-state index contributed by atoms with van der Waals surface area (Å²) in [5.74, 6) is 0.442. The van der Waals surface area contributed by atoms with E-state index >= 15 is 0 Å². The van der Waals surface area contributed by atoms with Crippen molar-refractivity contribution >= 4 is 17.9 Å². The minimum atomic E-state index is 0.442. The first-order valence-electron chi connectivity index (χ1n) is 3.48. The van der Waals surface area contributed by atoms with E-state index in [1.54, 1.807) is 12.1 Å². The number of aryl methyl sites for hydroxylation is 1. The van der Waals surface area contributed by atoms with E-state index in [1.807, 2.05) is 6.92 Å². The smallest absolute Gasteiger partial charge is 0.153 e. The fourth-order valence-corrected chi connectivity index (χ4v) is 1.42. The summed E-state index contributed by atoms with van der Waals surface area (Å²) < 4.78 is 4.96. The minimum Gasteiger partial charge on any atom is -0.494 e. The number of carbonyl (C=O) groups is 1. The van der Waals surface area contributed by atoms with E-state index < -0.39 is 0 Å². The molecule has 0 saturated carbocycles. The highest BCUT2D eigenvalue weighted by Crippen LogP contribution is 2.28. The molecule has 0 heterocycles. The second kappa shape index (κ2) is 3.59. The largest absolute Gasteiger partial charge is 0.494 e. The van der Waals surface area contributed by atoms with E-state index in [9.17, 15) is 4.79 Å². The van der Waals surface area contributed by atoms with Crippen molar-refractivity contribution in [2.24, 2.45) is 0 Å². The Bertz CT molecular complexity index is 308. The fraction of sp³-hybridized carbons (Fsp3) is 0.222. The second-order valence-corrected chi connectivity index (χ2v) is 2.89. The topological polar surface area (TPSA) is 26.3 Å². The molecular formula is C9H9ClO2. The number of aldehydes is 1. The molecule has 0 atom stereocenters. The molecular weight excluding hydrogens is 176 g/mol. The first-order chi connectivity index (χ1) is 5.69. The maximum atomic E-state index is 10.6. The molecule has 0 fully saturated rings. The Kier molecular flexibility index (Phi) is 2.71. The lowest BCUT2D eigenvalue weighted by molar-refractivity contribution is 0.112. The summed E-state index contributed by atoms with van der Waals surface area (Å²) in [6, 6.07) is 3.49. The molecule has 0 saturated heterocycles. The average molecular weight is 185 g/mol. The first kappa shape index (κ1) is 9.07. The predicted octanol–water partition coefficient (Wildman–Crippen LogP) is 2.47. The van der Waals surface area contributed by atoms with Crippen LogP contribution in [0.15, 0.2) is 12.1 Å². The highest BCUT2D eigenvalue weighted by atomic mass is 35.5. The van der Waals surface area contributed by atoms with E-state index in [0.717, 1.165) is 11.8 Å². The fourth-order valence-electron chi connectivity index (χ4n) is 1.06. The number of hydrogen-bond donors (Lipinski definition) is 0. The van der Waals surface area contributed by atoms with Crippen LogP contribution in [0.1, 0.15) is 15.9 Å². The van der Waals surface area contributed by atoms with Crippen LogP contribution in [-0.2, 0) is 0 Å². The zero-order valence-electron chi connectivity index (χ0n) is 6.93. The van der Waals surface area contributed by atoms with Crippen molar-refractivity contribution in [2.45, 2.75) is 6.92 Å². The minimum absolute atomic E-state index is 0.442. The van der Waals surface area contributed by atoms with E-state index in [1.165, 1.54) is 7.11 Å². The van der Waals surface area contributed by atoms with Crippen molar-refractivity contribution in [1.82, 2.24) is 0 Å². The molecule has 1 rings (SSSR count). The van der Waals surface area contributed by atoms with Gasteiger partial charge in [0.25, 0.3) is 0 Å². The molecule has 0 spiro atoms. The molecule has 0 bridgehead atoms. The zero-order chi connectivity index (χ0) is 9.14. The third-order valence-electron chi connectivity index (χ3n) is 1.55. The molecule has 0 amide bonds. The van der Waals surface area contributed by atoms with Gasteiger partial charge in [0.05, 0.1) is 17.7 Å². The maximum Gasteiger partial charge on any atom is 0.153 e. The van der Waals surface area contributed by atoms with Crippen LogP contribution in [0.4, 0.5) is 0 Å². The quantitative estimate of drug-likeness (QED) is 0.660. The van der Waals surface area contributed by atoms with Gasteiger partial charge >= 0.3 is 0 Å². The molecule has 0 unspecified atom stereocenters. The Morgan fingerprint density at radius 3 is 2.67 bits per heavy atom. The lowest BCUT2D eigenvalue weighted by atomic mass is 10.1. The van der Waals surface area contributed by atoms with Crippen molar-refractivity contribution in [3.63, 3.8) is 0 Å². The lowest BCUT2D eigenvalue weighted by Gasteiger charge is -2.06. The normalized spacial score (nSPS) is 9.58. The number of carbonyl (C=O) groups excluding carboxylic acids is 1. The Hall–Kier alpha value is -1.02. The highest BCUT2D eigenvalue weighted by molar-refractivity contribution is 6.32. The number of methoxy groups -OCH3 is 1. The van der Waals surface area contributed by atoms with E-state index in [0.29, 0.717) is 16.3 Å². The first-order valence-corrected chi connectivity index (χ1v) is 3.86. The van der Waals surface area contributed by atoms with Crippen molar-refractivity contribution in [1.29, 1.82) is 0 Å². The van der Waals surface area contributed by atoms with E-state index in [2.05, 4.69) is 0 Å². The van der Waals surface area contributed by atoms with Crippen LogP contribution in [0.2, 0.25) is 5.02 Å². The van der Waals surface area contributed by atoms with Gasteiger partial charge in [-0.1, -0.05) is 11.6 Å². The van der Waals surface area contributed by atoms with Gasteiger partial charge in [-0.25, -0.2) is 0 Å². The van der Waals surface area contributed by atoms with Crippen LogP contribution in [0.3, 0.4) is 0 Å². The van der Waals surface area contributed by atoms with Crippen LogP contribution in [0.5, 0.6) is 5.75 Å². The average Bonchev–Trinajstić information content (AvgIpc) is 2.03. The van der Waals surface area contributed by atoms with Gasteiger partial charge < -0.3 is 4.74 Å². The van der Waals surface area contributed by atoms with Crippen LogP contribution in [-0.4, -0.2) is 13.4 Å². The van der Waals surface area contributed by atoms with Gasteiger partial charge in [0.1, 0.15) is 5.75 Å². The van der Waals surface area contributed by atoms with Crippen LogP contribution >= 0.6 is 11.6 Å². The number of benzene rings is 1. The van der Waals surface area contributed by atoms with Gasteiger partial charge in [-0.3, -0.25) is 4.79 Å². The van der Waals surface area contributed by atoms with Gasteiger partial charge in [-0.2, -0.15) is 0 Å². The highest BCUT2D eigenvalue weighted by Gasteiger charge is 2.07. The summed E-state index contributed by atoms with van der Waals surface area (Å²) in [6.07, 6.45) is 0.734. The molecule has 0 aromatic heterocycles. The van der Waals surface area contributed by atoms with Crippen LogP contribution in [0.25, 0.3) is 0 Å². The molecule has 12 heavy (non-hydrogen) atoms. The number of hydrogen-bond acceptors (Lipinski definition) is 2. The Morgan fingerprint density at radius 2 is 2.17 bits per heavy atom. The van der Waals surface area contributed by atoms with Crippen LogP contribution in [0, 0.1) is 6.92 Å². The standard InChI is InChI=1S/C9H9ClO2/c1-6-3-7(5-11)9(12-2)8(10)4-6/h3-5H,1-2H3. The van der Waals surface area contributed by atoms with Crippen molar-refractivity contribution < 1.29 is 9.53 Å². The van der Waals surface area contributed by atoms with Crippen LogP contribution < -0.4 is 4.74 Å². The third kappa shape index (κ3) is 1.59. The third-order valence-corrected chi connectivity index (χ3v) is 1.83. The molecule has 0 aliphatic heterocycles. The van der Waals surface area contributed by atoms with Gasteiger partial charge in [-0.15, -0.1) is 0 Å². The summed E-state index contributed by atoms with van der Waals surface area (Å²) in [5, 5.41) is 0.472. The number of halogens is 1. The van der Waals surface area contributed by atoms with E-state index in [-0.39, 0.29) is 0 Å². The molecule has 0 radical (unpaired) electrons. The van der Waals surface area contributed by atoms with Crippen molar-refractivity contribution in [3.8, 4) is 5.75 Å². The summed E-state index contributed by atoms with van der Waals surface area (Å²) in [6.45, 7) is 1.87. The number of ether oxygens (including phenoxy) is 1. The van der Waals surface area contributed by atoms with E-state index in [4.69, 9.17) is 16.3 Å². The Balaban J connectivity index is 3.33. The van der Waals surface area contributed by atoms with Gasteiger partial charge in [0.15, 0.2) is 6.29 Å². The molecule has 0 aliphatic carbocycles. The zero-order valence-corrected chi connectivity index (χ0v) is 7.68. The molecule has 0 N–H and O–H groups in total.